The lowest BCUT2D eigenvalue weighted by Crippen LogP contribution is -2.38. The number of unbranched alkanes of at least 4 members (excludes halogenated alkanes) is 6. The Kier molecular flexibility index (Phi) is 10.4. The molecule has 1 saturated heterocycles. The van der Waals surface area contributed by atoms with Gasteiger partial charge in [0.05, 0.1) is 12.7 Å². The van der Waals surface area contributed by atoms with E-state index >= 15 is 0 Å². The summed E-state index contributed by atoms with van der Waals surface area (Å²) in [4.78, 5) is 0. The second kappa shape index (κ2) is 12.3. The summed E-state index contributed by atoms with van der Waals surface area (Å²) in [6.07, 6.45) is 20.8. The highest BCUT2D eigenvalue weighted by atomic mass is 16.7. The van der Waals surface area contributed by atoms with Crippen LogP contribution in [-0.2, 0) is 9.47 Å². The minimum Gasteiger partial charge on any atom is -0.352 e. The van der Waals surface area contributed by atoms with E-state index in [2.05, 4.69) is 13.8 Å². The first kappa shape index (κ1) is 20.2. The SMILES string of the molecule is CCCCCCC[C@H]1CCO[C@H](C2CCC(CCCCC)CC2)O1. The van der Waals surface area contributed by atoms with Crippen LogP contribution >= 0.6 is 0 Å². The molecule has 2 fully saturated rings. The Bertz CT molecular complexity index is 296. The first-order valence-electron chi connectivity index (χ1n) is 11.1. The van der Waals surface area contributed by atoms with E-state index < -0.39 is 0 Å². The van der Waals surface area contributed by atoms with Gasteiger partial charge in [0.15, 0.2) is 6.29 Å². The Labute approximate surface area is 151 Å². The molecule has 1 heterocycles. The molecule has 0 amide bonds. The molecule has 142 valence electrons. The van der Waals surface area contributed by atoms with Crippen LogP contribution in [0, 0.1) is 11.8 Å². The van der Waals surface area contributed by atoms with Crippen LogP contribution in [0.25, 0.3) is 0 Å². The summed E-state index contributed by atoms with van der Waals surface area (Å²) >= 11 is 0. The van der Waals surface area contributed by atoms with Gasteiger partial charge in [-0.25, -0.2) is 0 Å². The van der Waals surface area contributed by atoms with Crippen molar-refractivity contribution >= 4 is 0 Å². The summed E-state index contributed by atoms with van der Waals surface area (Å²) < 4.78 is 12.3. The number of hydrogen-bond acceptors (Lipinski definition) is 2. The van der Waals surface area contributed by atoms with Gasteiger partial charge in [-0.15, -0.1) is 0 Å². The average Bonchev–Trinajstić information content (AvgIpc) is 2.63. The molecule has 0 aromatic heterocycles. The molecule has 0 aromatic rings. The van der Waals surface area contributed by atoms with Crippen molar-refractivity contribution in [2.24, 2.45) is 11.8 Å². The van der Waals surface area contributed by atoms with Gasteiger partial charge in [-0.05, 0) is 44.4 Å². The lowest BCUT2D eigenvalue weighted by atomic mass is 9.79. The van der Waals surface area contributed by atoms with Gasteiger partial charge in [-0.1, -0.05) is 71.6 Å². The van der Waals surface area contributed by atoms with Crippen LogP contribution in [0.4, 0.5) is 0 Å². The maximum absolute atomic E-state index is 6.34. The van der Waals surface area contributed by atoms with Gasteiger partial charge < -0.3 is 9.47 Å². The van der Waals surface area contributed by atoms with E-state index in [9.17, 15) is 0 Å². The highest BCUT2D eigenvalue weighted by molar-refractivity contribution is 4.77. The van der Waals surface area contributed by atoms with Gasteiger partial charge in [-0.2, -0.15) is 0 Å². The Morgan fingerprint density at radius 3 is 2.12 bits per heavy atom. The molecule has 2 rings (SSSR count). The van der Waals surface area contributed by atoms with Crippen molar-refractivity contribution < 1.29 is 9.47 Å². The highest BCUT2D eigenvalue weighted by Crippen LogP contribution is 2.36. The van der Waals surface area contributed by atoms with Crippen molar-refractivity contribution in [3.05, 3.63) is 0 Å². The van der Waals surface area contributed by atoms with Crippen molar-refractivity contribution in [2.75, 3.05) is 6.61 Å². The molecule has 24 heavy (non-hydrogen) atoms. The molecule has 2 aliphatic rings. The molecule has 1 saturated carbocycles. The second-order valence-corrected chi connectivity index (χ2v) is 8.27. The average molecular weight is 339 g/mol. The molecule has 0 N–H and O–H groups in total. The summed E-state index contributed by atoms with van der Waals surface area (Å²) in [7, 11) is 0. The summed E-state index contributed by atoms with van der Waals surface area (Å²) in [5.41, 5.74) is 0. The Hall–Kier alpha value is -0.0800. The second-order valence-electron chi connectivity index (χ2n) is 8.27. The van der Waals surface area contributed by atoms with Crippen LogP contribution in [0.3, 0.4) is 0 Å². The topological polar surface area (TPSA) is 18.5 Å². The van der Waals surface area contributed by atoms with Gasteiger partial charge in [0.1, 0.15) is 0 Å². The van der Waals surface area contributed by atoms with Crippen molar-refractivity contribution in [2.45, 2.75) is 123 Å². The molecule has 2 heteroatoms. The first-order chi connectivity index (χ1) is 11.8. The normalized spacial score (nSPS) is 31.2. The monoisotopic (exact) mass is 338 g/mol. The van der Waals surface area contributed by atoms with E-state index in [0.29, 0.717) is 12.0 Å². The number of rotatable bonds is 11. The van der Waals surface area contributed by atoms with Crippen LogP contribution in [0.5, 0.6) is 0 Å². The molecule has 0 unspecified atom stereocenters. The van der Waals surface area contributed by atoms with Gasteiger partial charge in [0, 0.05) is 5.92 Å². The van der Waals surface area contributed by atoms with E-state index in [1.165, 1.54) is 89.9 Å². The zero-order valence-corrected chi connectivity index (χ0v) is 16.4. The van der Waals surface area contributed by atoms with E-state index in [4.69, 9.17) is 9.47 Å². The predicted octanol–water partition coefficient (Wildman–Crippen LogP) is 6.87. The third-order valence-corrected chi connectivity index (χ3v) is 6.17. The minimum atomic E-state index is 0.107. The molecule has 0 aromatic carbocycles. The molecular weight excluding hydrogens is 296 g/mol. The van der Waals surface area contributed by atoms with Crippen molar-refractivity contribution in [3.63, 3.8) is 0 Å². The quantitative estimate of drug-likeness (QED) is 0.383. The minimum absolute atomic E-state index is 0.107. The van der Waals surface area contributed by atoms with Crippen LogP contribution in [0.2, 0.25) is 0 Å². The van der Waals surface area contributed by atoms with Crippen molar-refractivity contribution in [1.82, 2.24) is 0 Å². The Balaban J connectivity index is 1.60. The van der Waals surface area contributed by atoms with Gasteiger partial charge in [0.25, 0.3) is 0 Å². The number of hydrogen-bond donors (Lipinski definition) is 0. The Morgan fingerprint density at radius 2 is 1.38 bits per heavy atom. The van der Waals surface area contributed by atoms with E-state index in [1.807, 2.05) is 0 Å². The number of ether oxygens (including phenoxy) is 2. The Morgan fingerprint density at radius 1 is 0.708 bits per heavy atom. The first-order valence-corrected chi connectivity index (χ1v) is 11.1. The van der Waals surface area contributed by atoms with Crippen LogP contribution in [-0.4, -0.2) is 19.0 Å². The van der Waals surface area contributed by atoms with Crippen molar-refractivity contribution in [3.8, 4) is 0 Å². The lowest BCUT2D eigenvalue weighted by molar-refractivity contribution is -0.241. The molecule has 0 bridgehead atoms. The standard InChI is InChI=1S/C22H42O2/c1-3-5-7-8-10-12-21-17-18-23-22(24-21)20-15-13-19(14-16-20)11-9-6-4-2/h19-22H,3-18H2,1-2H3/t19?,20?,21-,22-/m0/s1. The fourth-order valence-corrected chi connectivity index (χ4v) is 4.48. The molecular formula is C22H42O2. The highest BCUT2D eigenvalue weighted by Gasteiger charge is 2.32. The van der Waals surface area contributed by atoms with Gasteiger partial charge in [-0.3, -0.25) is 0 Å². The van der Waals surface area contributed by atoms with Gasteiger partial charge >= 0.3 is 0 Å². The van der Waals surface area contributed by atoms with E-state index in [0.717, 1.165) is 18.9 Å². The summed E-state index contributed by atoms with van der Waals surface area (Å²) in [5.74, 6) is 1.64. The molecule has 2 atom stereocenters. The summed E-state index contributed by atoms with van der Waals surface area (Å²) in [6.45, 7) is 5.50. The zero-order chi connectivity index (χ0) is 17.0. The lowest BCUT2D eigenvalue weighted by Gasteiger charge is -2.38. The largest absolute Gasteiger partial charge is 0.352 e. The van der Waals surface area contributed by atoms with Crippen LogP contribution < -0.4 is 0 Å². The van der Waals surface area contributed by atoms with E-state index in [-0.39, 0.29) is 6.29 Å². The molecule has 2 nitrogen and oxygen atoms in total. The third kappa shape index (κ3) is 7.44. The fourth-order valence-electron chi connectivity index (χ4n) is 4.48. The van der Waals surface area contributed by atoms with Crippen molar-refractivity contribution in [1.29, 1.82) is 0 Å². The van der Waals surface area contributed by atoms with Gasteiger partial charge in [0.2, 0.25) is 0 Å². The maximum atomic E-state index is 6.34. The third-order valence-electron chi connectivity index (χ3n) is 6.17. The summed E-state index contributed by atoms with van der Waals surface area (Å²) in [5, 5.41) is 0. The van der Waals surface area contributed by atoms with Crippen LogP contribution in [0.1, 0.15) is 110 Å². The molecule has 0 spiro atoms. The maximum Gasteiger partial charge on any atom is 0.160 e. The fraction of sp³-hybridized carbons (Fsp3) is 1.00. The zero-order valence-electron chi connectivity index (χ0n) is 16.4. The molecule has 0 radical (unpaired) electrons. The van der Waals surface area contributed by atoms with Crippen LogP contribution in [0.15, 0.2) is 0 Å². The predicted molar refractivity (Wildman–Crippen MR) is 102 cm³/mol. The smallest absolute Gasteiger partial charge is 0.160 e. The van der Waals surface area contributed by atoms with E-state index in [1.54, 1.807) is 0 Å². The molecule has 1 aliphatic carbocycles. The molecule has 1 aliphatic heterocycles. The summed E-state index contributed by atoms with van der Waals surface area (Å²) in [6, 6.07) is 0.